The summed E-state index contributed by atoms with van der Waals surface area (Å²) in [6.45, 7) is 5.68. The van der Waals surface area contributed by atoms with E-state index in [2.05, 4.69) is 53.8 Å². The smallest absolute Gasteiger partial charge is 0.115 e. The third kappa shape index (κ3) is 2.75. The summed E-state index contributed by atoms with van der Waals surface area (Å²) in [5.41, 5.74) is 5.82. The fourth-order valence-electron chi connectivity index (χ4n) is 5.74. The van der Waals surface area contributed by atoms with Crippen LogP contribution in [0, 0.1) is 5.92 Å². The summed E-state index contributed by atoms with van der Waals surface area (Å²) in [7, 11) is 2.22. The number of phenols is 1. The molecule has 0 amide bonds. The maximum absolute atomic E-state index is 10.2. The number of hydrogen-bond donors (Lipinski definition) is 1. The second-order valence-electron chi connectivity index (χ2n) is 8.43. The molecule has 148 valence electrons. The van der Waals surface area contributed by atoms with Gasteiger partial charge in [-0.05, 0) is 67.6 Å². The van der Waals surface area contributed by atoms with Crippen molar-refractivity contribution in [3.8, 4) is 5.75 Å². The number of halogens is 1. The van der Waals surface area contributed by atoms with E-state index in [4.69, 9.17) is 0 Å². The average Bonchev–Trinajstić information content (AvgIpc) is 2.97. The van der Waals surface area contributed by atoms with E-state index in [1.165, 1.54) is 22.2 Å². The van der Waals surface area contributed by atoms with Gasteiger partial charge in [-0.25, -0.2) is 0 Å². The zero-order valence-electron chi connectivity index (χ0n) is 16.7. The van der Waals surface area contributed by atoms with E-state index in [1.54, 1.807) is 11.6 Å². The SMILES string of the molecule is CCN1CCC2(c3cccc(O)c3)Cc3c(c4ccccc4n3C)CC2C1.Cl. The number of hydrogen-bond acceptors (Lipinski definition) is 2. The molecule has 1 aliphatic heterocycles. The number of fused-ring (bicyclic) bond motifs is 4. The van der Waals surface area contributed by atoms with E-state index in [1.807, 2.05) is 12.1 Å². The van der Waals surface area contributed by atoms with Crippen molar-refractivity contribution in [1.29, 1.82) is 0 Å². The quantitative estimate of drug-likeness (QED) is 0.681. The van der Waals surface area contributed by atoms with E-state index in [0.29, 0.717) is 11.7 Å². The molecule has 0 bridgehead atoms. The van der Waals surface area contributed by atoms with Crippen molar-refractivity contribution in [2.24, 2.45) is 13.0 Å². The van der Waals surface area contributed by atoms with Crippen LogP contribution in [0.25, 0.3) is 10.9 Å². The van der Waals surface area contributed by atoms with Gasteiger partial charge in [-0.3, -0.25) is 0 Å². The largest absolute Gasteiger partial charge is 0.508 e. The third-order valence-electron chi connectivity index (χ3n) is 7.28. The Balaban J connectivity index is 0.00000192. The van der Waals surface area contributed by atoms with Gasteiger partial charge in [0.15, 0.2) is 0 Å². The van der Waals surface area contributed by atoms with E-state index < -0.39 is 0 Å². The van der Waals surface area contributed by atoms with Gasteiger partial charge < -0.3 is 14.6 Å². The summed E-state index contributed by atoms with van der Waals surface area (Å²) in [6.07, 6.45) is 3.36. The van der Waals surface area contributed by atoms with Crippen LogP contribution in [0.1, 0.15) is 30.2 Å². The van der Waals surface area contributed by atoms with E-state index in [-0.39, 0.29) is 17.8 Å². The minimum absolute atomic E-state index is 0. The fourth-order valence-corrected chi connectivity index (χ4v) is 5.74. The number of likely N-dealkylation sites (tertiary alicyclic amines) is 1. The number of aromatic nitrogens is 1. The first-order chi connectivity index (χ1) is 13.1. The highest BCUT2D eigenvalue weighted by Crippen LogP contribution is 2.50. The highest BCUT2D eigenvalue weighted by atomic mass is 35.5. The molecule has 1 aliphatic carbocycles. The van der Waals surface area contributed by atoms with E-state index >= 15 is 0 Å². The first kappa shape index (κ1) is 19.4. The molecule has 0 radical (unpaired) electrons. The topological polar surface area (TPSA) is 28.4 Å². The predicted octanol–water partition coefficient (Wildman–Crippen LogP) is 4.68. The normalized spacial score (nSPS) is 24.4. The number of aromatic hydroxyl groups is 1. The zero-order valence-corrected chi connectivity index (χ0v) is 17.5. The minimum Gasteiger partial charge on any atom is -0.508 e. The Morgan fingerprint density at radius 1 is 1.14 bits per heavy atom. The minimum atomic E-state index is 0. The molecular formula is C24H29ClN2O. The van der Waals surface area contributed by atoms with E-state index in [9.17, 15) is 5.11 Å². The molecule has 0 saturated carbocycles. The molecule has 28 heavy (non-hydrogen) atoms. The van der Waals surface area contributed by atoms with Gasteiger partial charge in [-0.1, -0.05) is 37.3 Å². The molecule has 2 atom stereocenters. The molecule has 2 aromatic carbocycles. The summed E-state index contributed by atoms with van der Waals surface area (Å²) in [6, 6.07) is 16.9. The van der Waals surface area contributed by atoms with Crippen molar-refractivity contribution >= 4 is 23.3 Å². The lowest BCUT2D eigenvalue weighted by Crippen LogP contribution is -2.53. The Labute approximate surface area is 173 Å². The second kappa shape index (κ2) is 7.13. The lowest BCUT2D eigenvalue weighted by atomic mass is 9.58. The van der Waals surface area contributed by atoms with Crippen LogP contribution in [0.2, 0.25) is 0 Å². The molecule has 2 heterocycles. The molecule has 1 N–H and O–H groups in total. The second-order valence-corrected chi connectivity index (χ2v) is 8.43. The number of rotatable bonds is 2. The summed E-state index contributed by atoms with van der Waals surface area (Å²) in [5, 5.41) is 11.6. The average molecular weight is 397 g/mol. The van der Waals surface area contributed by atoms with Crippen molar-refractivity contribution in [2.45, 2.75) is 31.6 Å². The number of nitrogens with zero attached hydrogens (tertiary/aromatic N) is 2. The van der Waals surface area contributed by atoms with Gasteiger partial charge in [0.2, 0.25) is 0 Å². The number of phenolic OH excluding ortho intramolecular Hbond substituents is 1. The van der Waals surface area contributed by atoms with Gasteiger partial charge in [-0.15, -0.1) is 12.4 Å². The Kier molecular flexibility index (Phi) is 4.93. The predicted molar refractivity (Wildman–Crippen MR) is 118 cm³/mol. The first-order valence-electron chi connectivity index (χ1n) is 10.2. The highest BCUT2D eigenvalue weighted by Gasteiger charge is 2.48. The van der Waals surface area contributed by atoms with Crippen LogP contribution in [0.5, 0.6) is 5.75 Å². The van der Waals surface area contributed by atoms with Gasteiger partial charge in [0, 0.05) is 35.6 Å². The van der Waals surface area contributed by atoms with Crippen LogP contribution in [0.15, 0.2) is 48.5 Å². The molecule has 5 rings (SSSR count). The molecule has 2 aliphatic rings. The molecule has 1 aromatic heterocycles. The summed E-state index contributed by atoms with van der Waals surface area (Å²) < 4.78 is 2.41. The van der Waals surface area contributed by atoms with Crippen LogP contribution < -0.4 is 0 Å². The van der Waals surface area contributed by atoms with Crippen molar-refractivity contribution in [3.05, 3.63) is 65.4 Å². The van der Waals surface area contributed by atoms with Gasteiger partial charge >= 0.3 is 0 Å². The van der Waals surface area contributed by atoms with Gasteiger partial charge in [0.1, 0.15) is 5.75 Å². The van der Waals surface area contributed by atoms with Crippen LogP contribution in [0.3, 0.4) is 0 Å². The maximum atomic E-state index is 10.2. The fraction of sp³-hybridized carbons (Fsp3) is 0.417. The first-order valence-corrected chi connectivity index (χ1v) is 10.2. The number of aryl methyl sites for hydroxylation is 1. The van der Waals surface area contributed by atoms with Crippen LogP contribution in [-0.4, -0.2) is 34.2 Å². The van der Waals surface area contributed by atoms with Crippen LogP contribution >= 0.6 is 12.4 Å². The van der Waals surface area contributed by atoms with Gasteiger partial charge in [0.05, 0.1) is 0 Å². The molecule has 2 unspecified atom stereocenters. The summed E-state index contributed by atoms with van der Waals surface area (Å²) in [4.78, 5) is 2.60. The molecule has 3 aromatic rings. The number of benzene rings is 2. The van der Waals surface area contributed by atoms with Crippen molar-refractivity contribution in [1.82, 2.24) is 9.47 Å². The molecule has 1 fully saturated rings. The lowest BCUT2D eigenvalue weighted by Gasteiger charge is -2.51. The summed E-state index contributed by atoms with van der Waals surface area (Å²) >= 11 is 0. The monoisotopic (exact) mass is 396 g/mol. The molecular weight excluding hydrogens is 368 g/mol. The van der Waals surface area contributed by atoms with Crippen molar-refractivity contribution in [3.63, 3.8) is 0 Å². The van der Waals surface area contributed by atoms with Crippen LogP contribution in [-0.2, 0) is 25.3 Å². The zero-order chi connectivity index (χ0) is 18.6. The van der Waals surface area contributed by atoms with Crippen molar-refractivity contribution in [2.75, 3.05) is 19.6 Å². The number of para-hydroxylation sites is 1. The van der Waals surface area contributed by atoms with E-state index in [0.717, 1.165) is 38.9 Å². The third-order valence-corrected chi connectivity index (χ3v) is 7.28. The summed E-state index contributed by atoms with van der Waals surface area (Å²) in [5.74, 6) is 0.979. The van der Waals surface area contributed by atoms with Crippen molar-refractivity contribution < 1.29 is 5.11 Å². The van der Waals surface area contributed by atoms with Crippen LogP contribution in [0.4, 0.5) is 0 Å². The standard InChI is InChI=1S/C24H28N2O.ClH/c1-3-26-12-11-24(17-7-6-8-19(27)13-17)15-23-21(14-18(24)16-26)20-9-4-5-10-22(20)25(23)2;/h4-10,13,18,27H,3,11-12,14-16H2,1-2H3;1H. The molecule has 0 spiro atoms. The van der Waals surface area contributed by atoms with Gasteiger partial charge in [0.25, 0.3) is 0 Å². The Bertz CT molecular complexity index is 1010. The molecule has 3 nitrogen and oxygen atoms in total. The Hall–Kier alpha value is -1.97. The van der Waals surface area contributed by atoms with Gasteiger partial charge in [-0.2, -0.15) is 0 Å². The lowest BCUT2D eigenvalue weighted by molar-refractivity contribution is 0.0845. The highest BCUT2D eigenvalue weighted by molar-refractivity contribution is 5.86. The number of piperidine rings is 1. The molecule has 4 heteroatoms. The Morgan fingerprint density at radius 3 is 2.75 bits per heavy atom. The maximum Gasteiger partial charge on any atom is 0.115 e. The molecule has 1 saturated heterocycles. The Morgan fingerprint density at radius 2 is 1.96 bits per heavy atom.